The zero-order valence-electron chi connectivity index (χ0n) is 14.3. The number of piperazine rings is 1. The maximum absolute atomic E-state index is 13.9. The smallest absolute Gasteiger partial charge is 0.256 e. The van der Waals surface area contributed by atoms with Gasteiger partial charge in [-0.2, -0.15) is 0 Å². The topological polar surface area (TPSA) is 78.4 Å². The van der Waals surface area contributed by atoms with E-state index in [-0.39, 0.29) is 23.4 Å². The summed E-state index contributed by atoms with van der Waals surface area (Å²) in [6.45, 7) is 2.81. The molecule has 2 aliphatic rings. The molecular formula is C18H20FN5O2. The van der Waals surface area contributed by atoms with Crippen molar-refractivity contribution >= 4 is 22.8 Å². The molecule has 2 aromatic rings. The number of likely N-dealkylation sites (tertiary alicyclic amines) is 1. The van der Waals surface area contributed by atoms with E-state index in [1.807, 2.05) is 4.90 Å². The number of hydrogen-bond acceptors (Lipinski definition) is 5. The predicted octanol–water partition coefficient (Wildman–Crippen LogP) is 0.805. The van der Waals surface area contributed by atoms with Crippen molar-refractivity contribution in [3.63, 3.8) is 0 Å². The number of aromatic nitrogens is 2. The Balaban J connectivity index is 1.59. The number of halogens is 1. The lowest BCUT2D eigenvalue weighted by atomic mass is 10.0. The van der Waals surface area contributed by atoms with Crippen molar-refractivity contribution in [3.8, 4) is 0 Å². The molecule has 1 atom stereocenters. The quantitative estimate of drug-likeness (QED) is 0.860. The molecule has 0 radical (unpaired) electrons. The van der Waals surface area contributed by atoms with Crippen LogP contribution in [0.1, 0.15) is 23.2 Å². The van der Waals surface area contributed by atoms with Crippen molar-refractivity contribution in [2.75, 3.05) is 32.7 Å². The van der Waals surface area contributed by atoms with Crippen LogP contribution in [0.5, 0.6) is 0 Å². The van der Waals surface area contributed by atoms with Gasteiger partial charge in [0.15, 0.2) is 0 Å². The average Bonchev–Trinajstić information content (AvgIpc) is 2.67. The minimum absolute atomic E-state index is 0.00760. The second kappa shape index (κ2) is 6.95. The third kappa shape index (κ3) is 3.12. The summed E-state index contributed by atoms with van der Waals surface area (Å²) in [7, 11) is 0. The summed E-state index contributed by atoms with van der Waals surface area (Å²) in [5.74, 6) is -0.702. The Morgan fingerprint density at radius 3 is 2.92 bits per heavy atom. The lowest BCUT2D eigenvalue weighted by Gasteiger charge is -2.41. The molecule has 1 unspecified atom stereocenters. The number of nitrogens with one attached hydrogen (secondary N) is 1. The van der Waals surface area contributed by atoms with Gasteiger partial charge in [0.25, 0.3) is 5.91 Å². The minimum atomic E-state index is -0.507. The number of fused-ring (bicyclic) bond motifs is 1. The highest BCUT2D eigenvalue weighted by Crippen LogP contribution is 2.22. The molecule has 0 aliphatic carbocycles. The van der Waals surface area contributed by atoms with Crippen LogP contribution in [-0.4, -0.2) is 70.3 Å². The van der Waals surface area contributed by atoms with Crippen LogP contribution < -0.4 is 5.32 Å². The summed E-state index contributed by atoms with van der Waals surface area (Å²) in [6, 6.07) is 2.50. The zero-order valence-corrected chi connectivity index (χ0v) is 14.3. The van der Waals surface area contributed by atoms with E-state index in [2.05, 4.69) is 15.3 Å². The van der Waals surface area contributed by atoms with Gasteiger partial charge in [0, 0.05) is 50.7 Å². The summed E-state index contributed by atoms with van der Waals surface area (Å²) < 4.78 is 13.9. The maximum atomic E-state index is 13.9. The fourth-order valence-corrected chi connectivity index (χ4v) is 3.77. The lowest BCUT2D eigenvalue weighted by Crippen LogP contribution is -2.57. The van der Waals surface area contributed by atoms with E-state index in [0.29, 0.717) is 37.2 Å². The molecule has 2 saturated heterocycles. The second-order valence-electron chi connectivity index (χ2n) is 6.69. The summed E-state index contributed by atoms with van der Waals surface area (Å²) in [4.78, 5) is 37.1. The van der Waals surface area contributed by atoms with Crippen LogP contribution in [0.3, 0.4) is 0 Å². The molecule has 0 saturated carbocycles. The molecule has 2 fully saturated rings. The number of amides is 2. The van der Waals surface area contributed by atoms with Gasteiger partial charge in [-0.3, -0.25) is 19.6 Å². The minimum Gasteiger partial charge on any atom is -0.337 e. The first-order valence-electron chi connectivity index (χ1n) is 8.83. The van der Waals surface area contributed by atoms with Gasteiger partial charge in [-0.25, -0.2) is 4.39 Å². The van der Waals surface area contributed by atoms with Crippen LogP contribution in [-0.2, 0) is 4.79 Å². The Morgan fingerprint density at radius 1 is 1.23 bits per heavy atom. The van der Waals surface area contributed by atoms with Gasteiger partial charge in [0.1, 0.15) is 11.3 Å². The molecule has 8 heteroatoms. The number of carbonyl (C=O) groups is 2. The first kappa shape index (κ1) is 16.8. The highest BCUT2D eigenvalue weighted by Gasteiger charge is 2.32. The van der Waals surface area contributed by atoms with Crippen molar-refractivity contribution < 1.29 is 14.0 Å². The summed E-state index contributed by atoms with van der Waals surface area (Å²) in [6.07, 6.45) is 4.66. The molecule has 2 amide bonds. The lowest BCUT2D eigenvalue weighted by molar-refractivity contribution is -0.135. The van der Waals surface area contributed by atoms with Crippen molar-refractivity contribution in [3.05, 3.63) is 35.9 Å². The molecule has 1 aromatic carbocycles. The Kier molecular flexibility index (Phi) is 4.50. The van der Waals surface area contributed by atoms with E-state index in [4.69, 9.17) is 0 Å². The van der Waals surface area contributed by atoms with E-state index in [1.54, 1.807) is 4.90 Å². The van der Waals surface area contributed by atoms with E-state index in [1.165, 1.54) is 24.5 Å². The van der Waals surface area contributed by atoms with Crippen molar-refractivity contribution in [2.45, 2.75) is 18.9 Å². The first-order valence-corrected chi connectivity index (χ1v) is 8.83. The van der Waals surface area contributed by atoms with Crippen molar-refractivity contribution in [2.24, 2.45) is 0 Å². The monoisotopic (exact) mass is 357 g/mol. The van der Waals surface area contributed by atoms with Crippen LogP contribution in [0.25, 0.3) is 11.0 Å². The number of nitrogens with zero attached hydrogens (tertiary/aromatic N) is 4. The molecule has 136 valence electrons. The van der Waals surface area contributed by atoms with Crippen molar-refractivity contribution in [1.82, 2.24) is 25.1 Å². The molecule has 0 bridgehead atoms. The Labute approximate surface area is 150 Å². The van der Waals surface area contributed by atoms with E-state index in [0.717, 1.165) is 19.4 Å². The molecular weight excluding hydrogens is 337 g/mol. The van der Waals surface area contributed by atoms with Crippen molar-refractivity contribution in [1.29, 1.82) is 0 Å². The molecule has 7 nitrogen and oxygen atoms in total. The van der Waals surface area contributed by atoms with Crippen LogP contribution in [0.15, 0.2) is 24.5 Å². The second-order valence-corrected chi connectivity index (χ2v) is 6.69. The van der Waals surface area contributed by atoms with Crippen LogP contribution in [0, 0.1) is 5.82 Å². The van der Waals surface area contributed by atoms with Gasteiger partial charge in [0.05, 0.1) is 17.6 Å². The van der Waals surface area contributed by atoms with Gasteiger partial charge in [-0.15, -0.1) is 0 Å². The Hall–Kier alpha value is -2.61. The molecule has 0 spiro atoms. The molecule has 4 rings (SSSR count). The average molecular weight is 357 g/mol. The number of carbonyl (C=O) groups excluding carboxylic acids is 2. The fourth-order valence-electron chi connectivity index (χ4n) is 3.77. The summed E-state index contributed by atoms with van der Waals surface area (Å²) >= 11 is 0. The standard InChI is InChI=1S/C18H20FN5O2/c19-12-8-14(17-15(9-12)21-3-4-22-17)18(26)23-6-1-2-13(11-23)24-7-5-20-10-16(24)25/h3-4,8-9,13,20H,1-2,5-7,10-11H2. The van der Waals surface area contributed by atoms with Gasteiger partial charge in [0.2, 0.25) is 5.91 Å². The fraction of sp³-hybridized carbons (Fsp3) is 0.444. The van der Waals surface area contributed by atoms with E-state index >= 15 is 0 Å². The van der Waals surface area contributed by atoms with Crippen LogP contribution in [0.2, 0.25) is 0 Å². The number of benzene rings is 1. The summed E-state index contributed by atoms with van der Waals surface area (Å²) in [5, 5.41) is 3.06. The molecule has 1 aromatic heterocycles. The van der Waals surface area contributed by atoms with Gasteiger partial charge >= 0.3 is 0 Å². The third-order valence-electron chi connectivity index (χ3n) is 5.02. The van der Waals surface area contributed by atoms with Gasteiger partial charge in [-0.1, -0.05) is 0 Å². The Morgan fingerprint density at radius 2 is 2.08 bits per heavy atom. The van der Waals surface area contributed by atoms with E-state index < -0.39 is 5.82 Å². The third-order valence-corrected chi connectivity index (χ3v) is 5.02. The number of piperidine rings is 1. The van der Waals surface area contributed by atoms with Crippen LogP contribution in [0.4, 0.5) is 4.39 Å². The largest absolute Gasteiger partial charge is 0.337 e. The highest BCUT2D eigenvalue weighted by atomic mass is 19.1. The van der Waals surface area contributed by atoms with Crippen LogP contribution >= 0.6 is 0 Å². The SMILES string of the molecule is O=C(c1cc(F)cc2nccnc12)N1CCCC(N2CCNCC2=O)C1. The number of hydrogen-bond donors (Lipinski definition) is 1. The first-order chi connectivity index (χ1) is 12.6. The van der Waals surface area contributed by atoms with E-state index in [9.17, 15) is 14.0 Å². The molecule has 1 N–H and O–H groups in total. The normalized spacial score (nSPS) is 21.3. The van der Waals surface area contributed by atoms with Gasteiger partial charge < -0.3 is 15.1 Å². The zero-order chi connectivity index (χ0) is 18.1. The molecule has 3 heterocycles. The number of rotatable bonds is 2. The predicted molar refractivity (Wildman–Crippen MR) is 93.0 cm³/mol. The molecule has 2 aliphatic heterocycles. The Bertz CT molecular complexity index is 859. The highest BCUT2D eigenvalue weighted by molar-refractivity contribution is 6.04. The maximum Gasteiger partial charge on any atom is 0.256 e. The summed E-state index contributed by atoms with van der Waals surface area (Å²) in [5.41, 5.74) is 0.987. The molecule has 26 heavy (non-hydrogen) atoms. The van der Waals surface area contributed by atoms with Gasteiger partial charge in [-0.05, 0) is 18.9 Å².